The van der Waals surface area contributed by atoms with E-state index in [0.717, 1.165) is 28.2 Å². The molecule has 0 spiro atoms. The van der Waals surface area contributed by atoms with Crippen molar-refractivity contribution in [1.82, 2.24) is 4.48 Å². The summed E-state index contributed by atoms with van der Waals surface area (Å²) in [5, 5.41) is 0. The van der Waals surface area contributed by atoms with Crippen LogP contribution in [0.25, 0.3) is 11.1 Å². The maximum absolute atomic E-state index is 13.6. The minimum Gasteiger partial charge on any atom is -0.365 e. The number of amides is 2. The van der Waals surface area contributed by atoms with Gasteiger partial charge in [-0.3, -0.25) is 14.5 Å². The van der Waals surface area contributed by atoms with E-state index in [-0.39, 0.29) is 22.8 Å². The fraction of sp³-hybridized carbons (Fsp3) is 0.111. The van der Waals surface area contributed by atoms with Gasteiger partial charge in [0.2, 0.25) is 0 Å². The van der Waals surface area contributed by atoms with Crippen molar-refractivity contribution in [2.45, 2.75) is 6.92 Å². The standard InChI is InChI=1S/C27H23N3O2/c1-19-7-2-3-9-23(19)20-12-14-21(15-13-20)27(32)29-17-22-8-6-16-30(22,18-26(28)31)25-11-5-4-10-24(25)29/h2-16H,17-18H2,1H3,(H-,28,31)/p+1. The molecule has 3 aromatic rings. The first kappa shape index (κ1) is 20.0. The maximum atomic E-state index is 13.6. The van der Waals surface area contributed by atoms with Crippen molar-refractivity contribution < 1.29 is 9.59 Å². The molecule has 0 aromatic heterocycles. The van der Waals surface area contributed by atoms with Crippen molar-refractivity contribution in [2.75, 3.05) is 18.0 Å². The molecule has 0 saturated carbocycles. The first-order valence-corrected chi connectivity index (χ1v) is 10.6. The van der Waals surface area contributed by atoms with Gasteiger partial charge in [-0.2, -0.15) is 0 Å². The summed E-state index contributed by atoms with van der Waals surface area (Å²) in [5.41, 5.74) is 12.3. The number of benzene rings is 3. The summed E-state index contributed by atoms with van der Waals surface area (Å²) in [4.78, 5) is 27.2. The van der Waals surface area contributed by atoms with Gasteiger partial charge in [0.15, 0.2) is 12.2 Å². The van der Waals surface area contributed by atoms with Gasteiger partial charge in [-0.1, -0.05) is 48.5 Å². The average molecular weight is 423 g/mol. The fourth-order valence-electron chi connectivity index (χ4n) is 4.73. The Morgan fingerprint density at radius 2 is 1.69 bits per heavy atom. The zero-order chi connectivity index (χ0) is 22.3. The molecule has 0 aliphatic carbocycles. The Morgan fingerprint density at radius 3 is 2.44 bits per heavy atom. The lowest BCUT2D eigenvalue weighted by molar-refractivity contribution is -0.118. The van der Waals surface area contributed by atoms with Crippen molar-refractivity contribution in [1.29, 1.82) is 0 Å². The summed E-state index contributed by atoms with van der Waals surface area (Å²) in [5.74, 6) is -0.456. The number of aryl methyl sites for hydroxylation is 1. The zero-order valence-electron chi connectivity index (χ0n) is 17.9. The third-order valence-corrected chi connectivity index (χ3v) is 6.30. The number of anilines is 1. The van der Waals surface area contributed by atoms with Crippen molar-refractivity contribution in [3.63, 3.8) is 0 Å². The van der Waals surface area contributed by atoms with Crippen LogP contribution >= 0.6 is 0 Å². The van der Waals surface area contributed by atoms with Crippen LogP contribution in [0, 0.1) is 6.92 Å². The second-order valence-electron chi connectivity index (χ2n) is 8.27. The van der Waals surface area contributed by atoms with Gasteiger partial charge in [0, 0.05) is 17.7 Å². The Morgan fingerprint density at radius 1 is 0.969 bits per heavy atom. The summed E-state index contributed by atoms with van der Waals surface area (Å²) in [6.45, 7) is 2.61. The van der Waals surface area contributed by atoms with E-state index in [4.69, 9.17) is 5.73 Å². The van der Waals surface area contributed by atoms with Crippen LogP contribution in [0.5, 0.6) is 0 Å². The Hall–Kier alpha value is -3.96. The molecule has 1 atom stereocenters. The number of nitrogens with two attached hydrogens (primary N) is 1. The second kappa shape index (κ2) is 7.62. The molecule has 5 rings (SSSR count). The second-order valence-corrected chi connectivity index (χ2v) is 8.27. The van der Waals surface area contributed by atoms with Gasteiger partial charge in [-0.15, -0.1) is 0 Å². The highest BCUT2D eigenvalue weighted by Gasteiger charge is 2.46. The molecule has 158 valence electrons. The molecule has 2 amide bonds. The first-order chi connectivity index (χ1) is 15.5. The van der Waals surface area contributed by atoms with E-state index in [0.29, 0.717) is 12.1 Å². The number of quaternary nitrogens is 1. The van der Waals surface area contributed by atoms with Gasteiger partial charge in [-0.05, 0) is 47.9 Å². The molecular formula is C27H24N3O2+. The molecule has 0 fully saturated rings. The van der Waals surface area contributed by atoms with E-state index in [9.17, 15) is 9.59 Å². The summed E-state index contributed by atoms with van der Waals surface area (Å²) in [6.07, 6.45) is 5.87. The van der Waals surface area contributed by atoms with E-state index < -0.39 is 0 Å². The molecule has 5 nitrogen and oxygen atoms in total. The minimum atomic E-state index is -0.385. The van der Waals surface area contributed by atoms with Gasteiger partial charge in [0.1, 0.15) is 24.1 Å². The molecule has 32 heavy (non-hydrogen) atoms. The Bertz CT molecular complexity index is 1290. The van der Waals surface area contributed by atoms with E-state index in [1.807, 2.05) is 79.0 Å². The van der Waals surface area contributed by atoms with Crippen LogP contribution in [0.1, 0.15) is 15.9 Å². The third kappa shape index (κ3) is 3.15. The number of fused-ring (bicyclic) bond motifs is 3. The molecule has 5 heteroatoms. The highest BCUT2D eigenvalue weighted by atomic mass is 16.2. The number of allylic oxidation sites excluding steroid dienone is 2. The highest BCUT2D eigenvalue weighted by Crippen LogP contribution is 2.45. The lowest BCUT2D eigenvalue weighted by Gasteiger charge is -2.41. The zero-order valence-corrected chi connectivity index (χ0v) is 17.9. The largest absolute Gasteiger partial charge is 0.365 e. The fourth-order valence-corrected chi connectivity index (χ4v) is 4.73. The van der Waals surface area contributed by atoms with E-state index >= 15 is 0 Å². The monoisotopic (exact) mass is 422 g/mol. The van der Waals surface area contributed by atoms with Crippen LogP contribution in [0.4, 0.5) is 11.4 Å². The average Bonchev–Trinajstić information content (AvgIpc) is 3.21. The number of primary amides is 1. The summed E-state index contributed by atoms with van der Waals surface area (Å²) in [7, 11) is 0. The van der Waals surface area contributed by atoms with Crippen LogP contribution in [-0.4, -0.2) is 24.9 Å². The van der Waals surface area contributed by atoms with Crippen LogP contribution < -0.4 is 15.1 Å². The lowest BCUT2D eigenvalue weighted by Crippen LogP contribution is -2.54. The number of nitrogens with zero attached hydrogens (tertiary/aromatic N) is 2. The van der Waals surface area contributed by atoms with Crippen LogP contribution in [0.15, 0.2) is 96.8 Å². The Kier molecular flexibility index (Phi) is 4.76. The van der Waals surface area contributed by atoms with E-state index in [2.05, 4.69) is 19.1 Å². The highest BCUT2D eigenvalue weighted by molar-refractivity contribution is 6.09. The smallest absolute Gasteiger partial charge is 0.273 e. The molecule has 0 bridgehead atoms. The molecule has 0 radical (unpaired) electrons. The quantitative estimate of drug-likeness (QED) is 0.628. The summed E-state index contributed by atoms with van der Waals surface area (Å²) in [6, 6.07) is 23.7. The topological polar surface area (TPSA) is 63.4 Å². The summed E-state index contributed by atoms with van der Waals surface area (Å²) >= 11 is 0. The molecule has 3 aromatic carbocycles. The van der Waals surface area contributed by atoms with Gasteiger partial charge in [0.05, 0.1) is 0 Å². The first-order valence-electron chi connectivity index (χ1n) is 10.6. The van der Waals surface area contributed by atoms with Crippen molar-refractivity contribution >= 4 is 23.2 Å². The predicted molar refractivity (Wildman–Crippen MR) is 128 cm³/mol. The van der Waals surface area contributed by atoms with Gasteiger partial charge < -0.3 is 5.73 Å². The number of para-hydroxylation sites is 2. The Labute approximate surface area is 187 Å². The van der Waals surface area contributed by atoms with Crippen molar-refractivity contribution in [2.24, 2.45) is 5.73 Å². The maximum Gasteiger partial charge on any atom is 0.273 e. The van der Waals surface area contributed by atoms with Crippen molar-refractivity contribution in [3.8, 4) is 11.1 Å². The minimum absolute atomic E-state index is 0.0709. The molecular weight excluding hydrogens is 398 g/mol. The molecule has 2 N–H and O–H groups in total. The van der Waals surface area contributed by atoms with Crippen LogP contribution in [0.3, 0.4) is 0 Å². The number of hydrogen-bond acceptors (Lipinski definition) is 2. The van der Waals surface area contributed by atoms with E-state index in [1.165, 1.54) is 5.56 Å². The normalized spacial score (nSPS) is 18.7. The molecule has 2 aliphatic rings. The number of rotatable bonds is 4. The summed E-state index contributed by atoms with van der Waals surface area (Å²) < 4.78 is 0.251. The SMILES string of the molecule is Cc1ccccc1-c1ccc(C(=O)N2CC3=CC=C[N+]3(CC(N)=O)c3ccccc32)cc1. The van der Waals surface area contributed by atoms with Crippen LogP contribution in [0.2, 0.25) is 0 Å². The van der Waals surface area contributed by atoms with Gasteiger partial charge in [0.25, 0.3) is 11.8 Å². The molecule has 1 unspecified atom stereocenters. The number of carbonyl (C=O) groups is 2. The van der Waals surface area contributed by atoms with Gasteiger partial charge in [-0.25, -0.2) is 4.48 Å². The number of carbonyl (C=O) groups excluding carboxylic acids is 2. The predicted octanol–water partition coefficient (Wildman–Crippen LogP) is 4.53. The molecule has 2 heterocycles. The molecule has 0 saturated heterocycles. The molecule has 2 aliphatic heterocycles. The Balaban J connectivity index is 1.51. The van der Waals surface area contributed by atoms with Crippen molar-refractivity contribution in [3.05, 3.63) is 108 Å². The lowest BCUT2D eigenvalue weighted by atomic mass is 9.99. The van der Waals surface area contributed by atoms with Gasteiger partial charge >= 0.3 is 0 Å². The number of hydrogen-bond donors (Lipinski definition) is 1. The third-order valence-electron chi connectivity index (χ3n) is 6.30. The van der Waals surface area contributed by atoms with E-state index in [1.54, 1.807) is 4.90 Å². The van der Waals surface area contributed by atoms with Crippen LogP contribution in [-0.2, 0) is 4.79 Å².